The normalized spacial score (nSPS) is 11.9. The van der Waals surface area contributed by atoms with Gasteiger partial charge in [-0.25, -0.2) is 0 Å². The topological polar surface area (TPSA) is 77.3 Å². The van der Waals surface area contributed by atoms with Gasteiger partial charge in [-0.15, -0.1) is 0 Å². The van der Waals surface area contributed by atoms with Crippen molar-refractivity contribution in [2.24, 2.45) is 0 Å². The third kappa shape index (κ3) is 2.33. The van der Waals surface area contributed by atoms with Crippen molar-refractivity contribution in [3.05, 3.63) is 39.4 Å². The molecule has 0 aliphatic rings. The van der Waals surface area contributed by atoms with E-state index in [-0.39, 0.29) is 22.6 Å². The summed E-state index contributed by atoms with van der Waals surface area (Å²) in [7, 11) is 0. The lowest BCUT2D eigenvalue weighted by Gasteiger charge is -2.09. The van der Waals surface area contributed by atoms with Crippen LogP contribution in [0.1, 0.15) is 27.7 Å². The number of carbonyl (C=O) groups excluding carboxylic acids is 2. The Bertz CT molecular complexity index is 458. The van der Waals surface area contributed by atoms with Gasteiger partial charge in [-0.2, -0.15) is 0 Å². The van der Waals surface area contributed by atoms with Gasteiger partial charge < -0.3 is 0 Å². The standard InChI is InChI=1S/C10H8BrNO4/c1-6(14)10(11)9-7(5-13)3-2-4-8(9)12(15)16/h2-5,10H,1H3. The summed E-state index contributed by atoms with van der Waals surface area (Å²) in [6.45, 7) is 1.30. The quantitative estimate of drug-likeness (QED) is 0.368. The molecule has 16 heavy (non-hydrogen) atoms. The van der Waals surface area contributed by atoms with Crippen LogP contribution in [0.25, 0.3) is 0 Å². The number of hydrogen-bond donors (Lipinski definition) is 0. The number of Topliss-reactive ketones (excluding diaryl/α,β-unsaturated/α-hetero) is 1. The minimum atomic E-state index is -0.839. The lowest BCUT2D eigenvalue weighted by Crippen LogP contribution is -2.08. The van der Waals surface area contributed by atoms with Crippen molar-refractivity contribution in [3.8, 4) is 0 Å². The number of nitro benzene ring substituents is 1. The number of alkyl halides is 1. The molecule has 0 N–H and O–H groups in total. The van der Waals surface area contributed by atoms with E-state index in [9.17, 15) is 19.7 Å². The van der Waals surface area contributed by atoms with E-state index in [0.717, 1.165) is 0 Å². The summed E-state index contributed by atoms with van der Waals surface area (Å²) < 4.78 is 0. The molecule has 0 aromatic heterocycles. The first-order valence-electron chi connectivity index (χ1n) is 4.36. The Labute approximate surface area is 99.7 Å². The largest absolute Gasteiger partial charge is 0.298 e. The fraction of sp³-hybridized carbons (Fsp3) is 0.200. The molecule has 0 amide bonds. The number of aldehydes is 1. The van der Waals surface area contributed by atoms with E-state index in [0.29, 0.717) is 6.29 Å². The first-order chi connectivity index (χ1) is 7.49. The van der Waals surface area contributed by atoms with E-state index in [1.807, 2.05) is 0 Å². The van der Waals surface area contributed by atoms with E-state index >= 15 is 0 Å². The summed E-state index contributed by atoms with van der Waals surface area (Å²) in [4.78, 5) is 31.3. The molecule has 1 aromatic carbocycles. The van der Waals surface area contributed by atoms with E-state index in [1.165, 1.54) is 25.1 Å². The average Bonchev–Trinajstić information content (AvgIpc) is 2.26. The average molecular weight is 286 g/mol. The van der Waals surface area contributed by atoms with Crippen LogP contribution in [0.4, 0.5) is 5.69 Å². The van der Waals surface area contributed by atoms with Gasteiger partial charge in [0.15, 0.2) is 6.29 Å². The van der Waals surface area contributed by atoms with Gasteiger partial charge in [0.1, 0.15) is 10.6 Å². The molecule has 0 heterocycles. The molecule has 1 atom stereocenters. The van der Waals surface area contributed by atoms with E-state index in [2.05, 4.69) is 15.9 Å². The second-order valence-electron chi connectivity index (χ2n) is 3.13. The van der Waals surface area contributed by atoms with Gasteiger partial charge in [-0.1, -0.05) is 28.1 Å². The molecule has 84 valence electrons. The van der Waals surface area contributed by atoms with Crippen molar-refractivity contribution in [3.63, 3.8) is 0 Å². The Kier molecular flexibility index (Phi) is 3.89. The van der Waals surface area contributed by atoms with Gasteiger partial charge in [0.25, 0.3) is 5.69 Å². The van der Waals surface area contributed by atoms with Crippen LogP contribution in [0.15, 0.2) is 18.2 Å². The van der Waals surface area contributed by atoms with Crippen molar-refractivity contribution in [2.45, 2.75) is 11.8 Å². The van der Waals surface area contributed by atoms with Crippen LogP contribution in [0, 0.1) is 10.1 Å². The minimum Gasteiger partial charge on any atom is -0.298 e. The minimum absolute atomic E-state index is 0.106. The van der Waals surface area contributed by atoms with Crippen LogP contribution in [0.2, 0.25) is 0 Å². The van der Waals surface area contributed by atoms with Crippen molar-refractivity contribution < 1.29 is 14.5 Å². The molecule has 1 aromatic rings. The first kappa shape index (κ1) is 12.5. The molecule has 0 spiro atoms. The fourth-order valence-electron chi connectivity index (χ4n) is 1.31. The molecular weight excluding hydrogens is 278 g/mol. The van der Waals surface area contributed by atoms with Crippen molar-refractivity contribution in [1.29, 1.82) is 0 Å². The number of benzene rings is 1. The van der Waals surface area contributed by atoms with Gasteiger partial charge in [0, 0.05) is 11.6 Å². The second kappa shape index (κ2) is 4.98. The summed E-state index contributed by atoms with van der Waals surface area (Å²) in [5.74, 6) is -0.294. The molecular formula is C10H8BrNO4. The summed E-state index contributed by atoms with van der Waals surface area (Å²) in [6.07, 6.45) is 0.500. The maximum Gasteiger partial charge on any atom is 0.274 e. The third-order valence-electron chi connectivity index (χ3n) is 2.05. The van der Waals surface area contributed by atoms with Gasteiger partial charge in [0.05, 0.1) is 10.5 Å². The van der Waals surface area contributed by atoms with E-state index in [1.54, 1.807) is 0 Å². The fourth-order valence-corrected chi connectivity index (χ4v) is 1.81. The van der Waals surface area contributed by atoms with E-state index < -0.39 is 9.75 Å². The van der Waals surface area contributed by atoms with Gasteiger partial charge >= 0.3 is 0 Å². The van der Waals surface area contributed by atoms with E-state index in [4.69, 9.17) is 0 Å². The molecule has 0 aliphatic heterocycles. The predicted octanol–water partition coefficient (Wildman–Crippen LogP) is 2.43. The number of carbonyl (C=O) groups is 2. The summed E-state index contributed by atoms with van der Waals surface area (Å²) in [5.41, 5.74) is 0.0166. The zero-order valence-electron chi connectivity index (χ0n) is 8.34. The maximum absolute atomic E-state index is 11.2. The molecule has 0 aliphatic carbocycles. The van der Waals surface area contributed by atoms with Crippen LogP contribution in [0.3, 0.4) is 0 Å². The van der Waals surface area contributed by atoms with Crippen molar-refractivity contribution in [1.82, 2.24) is 0 Å². The molecule has 1 rings (SSSR count). The number of rotatable bonds is 4. The molecule has 6 heteroatoms. The van der Waals surface area contributed by atoms with Gasteiger partial charge in [-0.3, -0.25) is 19.7 Å². The lowest BCUT2D eigenvalue weighted by atomic mass is 10.0. The first-order valence-corrected chi connectivity index (χ1v) is 5.27. The van der Waals surface area contributed by atoms with Gasteiger partial charge in [0.2, 0.25) is 0 Å². The number of ketones is 1. The Morgan fingerprint density at radius 1 is 1.56 bits per heavy atom. The number of nitrogens with zero attached hydrogens (tertiary/aromatic N) is 1. The Balaban J connectivity index is 3.47. The molecule has 5 nitrogen and oxygen atoms in total. The van der Waals surface area contributed by atoms with Gasteiger partial charge in [-0.05, 0) is 6.92 Å². The monoisotopic (exact) mass is 285 g/mol. The number of hydrogen-bond acceptors (Lipinski definition) is 4. The molecule has 0 saturated heterocycles. The van der Waals surface area contributed by atoms with Crippen LogP contribution >= 0.6 is 15.9 Å². The SMILES string of the molecule is CC(=O)C(Br)c1c(C=O)cccc1[N+](=O)[O-]. The Morgan fingerprint density at radius 2 is 2.19 bits per heavy atom. The maximum atomic E-state index is 11.2. The number of nitro groups is 1. The van der Waals surface area contributed by atoms with Crippen molar-refractivity contribution in [2.75, 3.05) is 0 Å². The molecule has 0 fully saturated rings. The van der Waals surface area contributed by atoms with Crippen molar-refractivity contribution >= 4 is 33.7 Å². The zero-order chi connectivity index (χ0) is 12.3. The summed E-state index contributed by atoms with van der Waals surface area (Å²) in [5, 5.41) is 10.8. The number of halogens is 1. The molecule has 1 unspecified atom stereocenters. The van der Waals surface area contributed by atoms with Crippen LogP contribution in [-0.4, -0.2) is 17.0 Å². The highest BCUT2D eigenvalue weighted by atomic mass is 79.9. The molecule has 0 bridgehead atoms. The smallest absolute Gasteiger partial charge is 0.274 e. The highest BCUT2D eigenvalue weighted by Crippen LogP contribution is 2.33. The summed E-state index contributed by atoms with van der Waals surface area (Å²) in [6, 6.07) is 4.11. The Morgan fingerprint density at radius 3 is 2.62 bits per heavy atom. The second-order valence-corrected chi connectivity index (χ2v) is 4.04. The lowest BCUT2D eigenvalue weighted by molar-refractivity contribution is -0.385. The van der Waals surface area contributed by atoms with Crippen LogP contribution in [0.5, 0.6) is 0 Å². The highest BCUT2D eigenvalue weighted by molar-refractivity contribution is 9.09. The Hall–Kier alpha value is -1.56. The van der Waals surface area contributed by atoms with Crippen LogP contribution < -0.4 is 0 Å². The summed E-state index contributed by atoms with van der Waals surface area (Å²) >= 11 is 3.05. The third-order valence-corrected chi connectivity index (χ3v) is 3.15. The highest BCUT2D eigenvalue weighted by Gasteiger charge is 2.26. The molecule has 0 saturated carbocycles. The molecule has 0 radical (unpaired) electrons. The zero-order valence-corrected chi connectivity index (χ0v) is 9.93. The van der Waals surface area contributed by atoms with Crippen LogP contribution in [-0.2, 0) is 4.79 Å². The predicted molar refractivity (Wildman–Crippen MR) is 60.8 cm³/mol.